The maximum Gasteiger partial charge on any atom is 0.410 e. The van der Waals surface area contributed by atoms with E-state index in [0.29, 0.717) is 25.6 Å². The molecule has 1 heterocycles. The predicted octanol–water partition coefficient (Wildman–Crippen LogP) is 4.22. The molecule has 0 spiro atoms. The van der Waals surface area contributed by atoms with Gasteiger partial charge in [-0.15, -0.1) is 0 Å². The zero-order valence-electron chi connectivity index (χ0n) is 15.9. The number of likely N-dealkylation sites (tertiary alicyclic amines) is 1. The van der Waals surface area contributed by atoms with Crippen LogP contribution in [0.25, 0.3) is 0 Å². The van der Waals surface area contributed by atoms with Crippen LogP contribution in [0.4, 0.5) is 4.79 Å². The van der Waals surface area contributed by atoms with Crippen LogP contribution in [-0.2, 0) is 4.74 Å². The molecule has 1 saturated heterocycles. The molecule has 1 aromatic carbocycles. The standard InChI is InChI=1S/C20H29NO4/c1-14-12-17(6-7-18(14)15(2)22)24-13-16-8-10-21(11-9-16)19(23)25-20(3,4)5/h6-7,12,16H,8-11,13H2,1-5H3. The van der Waals surface area contributed by atoms with Crippen LogP contribution in [0.5, 0.6) is 5.75 Å². The van der Waals surface area contributed by atoms with E-state index in [1.165, 1.54) is 0 Å². The molecule has 25 heavy (non-hydrogen) atoms. The molecule has 0 radical (unpaired) electrons. The first-order valence-corrected chi connectivity index (χ1v) is 8.88. The van der Waals surface area contributed by atoms with E-state index < -0.39 is 5.60 Å². The summed E-state index contributed by atoms with van der Waals surface area (Å²) in [4.78, 5) is 25.3. The van der Waals surface area contributed by atoms with Crippen LogP contribution < -0.4 is 4.74 Å². The van der Waals surface area contributed by atoms with Crippen molar-refractivity contribution >= 4 is 11.9 Å². The summed E-state index contributed by atoms with van der Waals surface area (Å²) >= 11 is 0. The number of hydrogen-bond acceptors (Lipinski definition) is 4. The van der Waals surface area contributed by atoms with E-state index in [0.717, 1.165) is 29.7 Å². The number of amides is 1. The number of Topliss-reactive ketones (excluding diaryl/α,β-unsaturated/α-hetero) is 1. The van der Waals surface area contributed by atoms with E-state index in [2.05, 4.69) is 0 Å². The topological polar surface area (TPSA) is 55.8 Å². The van der Waals surface area contributed by atoms with Crippen molar-refractivity contribution in [2.75, 3.05) is 19.7 Å². The van der Waals surface area contributed by atoms with Crippen LogP contribution >= 0.6 is 0 Å². The molecule has 0 aromatic heterocycles. The van der Waals surface area contributed by atoms with Gasteiger partial charge in [0.05, 0.1) is 6.61 Å². The van der Waals surface area contributed by atoms with E-state index in [4.69, 9.17) is 9.47 Å². The van der Waals surface area contributed by atoms with E-state index >= 15 is 0 Å². The fourth-order valence-electron chi connectivity index (χ4n) is 2.94. The summed E-state index contributed by atoms with van der Waals surface area (Å²) in [5.41, 5.74) is 1.21. The molecule has 0 saturated carbocycles. The molecule has 0 aliphatic carbocycles. The van der Waals surface area contributed by atoms with Gasteiger partial charge in [0.2, 0.25) is 0 Å². The lowest BCUT2D eigenvalue weighted by Gasteiger charge is -2.33. The van der Waals surface area contributed by atoms with Crippen molar-refractivity contribution in [3.05, 3.63) is 29.3 Å². The first-order chi connectivity index (χ1) is 11.7. The number of carbonyl (C=O) groups excluding carboxylic acids is 2. The minimum Gasteiger partial charge on any atom is -0.493 e. The smallest absolute Gasteiger partial charge is 0.410 e. The maximum absolute atomic E-state index is 12.1. The highest BCUT2D eigenvalue weighted by molar-refractivity contribution is 5.95. The number of benzene rings is 1. The van der Waals surface area contributed by atoms with Crippen LogP contribution in [0.3, 0.4) is 0 Å². The number of ether oxygens (including phenoxy) is 2. The third-order valence-electron chi connectivity index (χ3n) is 4.33. The van der Waals surface area contributed by atoms with Crippen LogP contribution in [-0.4, -0.2) is 42.1 Å². The predicted molar refractivity (Wildman–Crippen MR) is 97.2 cm³/mol. The third-order valence-corrected chi connectivity index (χ3v) is 4.33. The molecule has 0 N–H and O–H groups in total. The lowest BCUT2D eigenvalue weighted by molar-refractivity contribution is 0.0165. The number of nitrogens with zero attached hydrogens (tertiary/aromatic N) is 1. The molecule has 2 rings (SSSR count). The Hall–Kier alpha value is -2.04. The van der Waals surface area contributed by atoms with Gasteiger partial charge in [-0.1, -0.05) is 0 Å². The molecule has 1 aromatic rings. The van der Waals surface area contributed by atoms with Gasteiger partial charge in [-0.25, -0.2) is 4.79 Å². The van der Waals surface area contributed by atoms with Crippen LogP contribution in [0, 0.1) is 12.8 Å². The first kappa shape index (κ1) is 19.3. The molecule has 5 nitrogen and oxygen atoms in total. The monoisotopic (exact) mass is 347 g/mol. The van der Waals surface area contributed by atoms with Crippen molar-refractivity contribution in [2.24, 2.45) is 5.92 Å². The van der Waals surface area contributed by atoms with Gasteiger partial charge in [0.1, 0.15) is 11.4 Å². The Kier molecular flexibility index (Phi) is 6.09. The van der Waals surface area contributed by atoms with E-state index in [1.807, 2.05) is 45.9 Å². The molecule has 1 aliphatic heterocycles. The molecular formula is C20H29NO4. The fraction of sp³-hybridized carbons (Fsp3) is 0.600. The molecule has 0 atom stereocenters. The Morgan fingerprint density at radius 2 is 1.84 bits per heavy atom. The van der Waals surface area contributed by atoms with Gasteiger partial charge in [0, 0.05) is 18.7 Å². The second-order valence-corrected chi connectivity index (χ2v) is 7.75. The zero-order valence-corrected chi connectivity index (χ0v) is 15.9. The normalized spacial score (nSPS) is 15.8. The van der Waals surface area contributed by atoms with Gasteiger partial charge < -0.3 is 14.4 Å². The number of piperidine rings is 1. The summed E-state index contributed by atoms with van der Waals surface area (Å²) in [6, 6.07) is 5.57. The summed E-state index contributed by atoms with van der Waals surface area (Å²) in [5.74, 6) is 1.28. The van der Waals surface area contributed by atoms with Crippen molar-refractivity contribution in [3.8, 4) is 5.75 Å². The minimum absolute atomic E-state index is 0.0681. The number of hydrogen-bond donors (Lipinski definition) is 0. The number of rotatable bonds is 4. The molecular weight excluding hydrogens is 318 g/mol. The van der Waals surface area contributed by atoms with Crippen molar-refractivity contribution < 1.29 is 19.1 Å². The summed E-state index contributed by atoms with van der Waals surface area (Å²) in [6.45, 7) is 11.2. The first-order valence-electron chi connectivity index (χ1n) is 8.88. The van der Waals surface area contributed by atoms with Gasteiger partial charge >= 0.3 is 6.09 Å². The van der Waals surface area contributed by atoms with E-state index in [1.54, 1.807) is 11.8 Å². The highest BCUT2D eigenvalue weighted by Crippen LogP contribution is 2.23. The molecule has 1 fully saturated rings. The zero-order chi connectivity index (χ0) is 18.6. The van der Waals surface area contributed by atoms with Crippen LogP contribution in [0.15, 0.2) is 18.2 Å². The highest BCUT2D eigenvalue weighted by atomic mass is 16.6. The van der Waals surface area contributed by atoms with Crippen molar-refractivity contribution in [2.45, 2.75) is 53.1 Å². The number of ketones is 1. The largest absolute Gasteiger partial charge is 0.493 e. The summed E-state index contributed by atoms with van der Waals surface area (Å²) in [7, 11) is 0. The van der Waals surface area contributed by atoms with Gasteiger partial charge in [0.25, 0.3) is 0 Å². The Morgan fingerprint density at radius 3 is 2.36 bits per heavy atom. The van der Waals surface area contributed by atoms with Crippen LogP contribution in [0.2, 0.25) is 0 Å². The Balaban J connectivity index is 1.80. The lowest BCUT2D eigenvalue weighted by Crippen LogP contribution is -2.42. The third kappa shape index (κ3) is 5.76. The van der Waals surface area contributed by atoms with Gasteiger partial charge in [-0.3, -0.25) is 4.79 Å². The average molecular weight is 347 g/mol. The van der Waals surface area contributed by atoms with E-state index in [-0.39, 0.29) is 11.9 Å². The Bertz CT molecular complexity index is 625. The quantitative estimate of drug-likeness (QED) is 0.765. The van der Waals surface area contributed by atoms with Crippen molar-refractivity contribution in [3.63, 3.8) is 0 Å². The van der Waals surface area contributed by atoms with Crippen molar-refractivity contribution in [1.29, 1.82) is 0 Å². The highest BCUT2D eigenvalue weighted by Gasteiger charge is 2.27. The van der Waals surface area contributed by atoms with E-state index in [9.17, 15) is 9.59 Å². The Labute approximate surface area is 150 Å². The van der Waals surface area contributed by atoms with Gasteiger partial charge in [-0.2, -0.15) is 0 Å². The average Bonchev–Trinajstić information content (AvgIpc) is 2.51. The second kappa shape index (κ2) is 7.89. The molecule has 5 heteroatoms. The molecule has 1 amide bonds. The maximum atomic E-state index is 12.1. The molecule has 0 bridgehead atoms. The minimum atomic E-state index is -0.457. The Morgan fingerprint density at radius 1 is 1.20 bits per heavy atom. The molecule has 0 unspecified atom stereocenters. The fourth-order valence-corrected chi connectivity index (χ4v) is 2.94. The van der Waals surface area contributed by atoms with Gasteiger partial charge in [0.15, 0.2) is 5.78 Å². The summed E-state index contributed by atoms with van der Waals surface area (Å²) in [5, 5.41) is 0. The van der Waals surface area contributed by atoms with Gasteiger partial charge in [-0.05, 0) is 77.1 Å². The second-order valence-electron chi connectivity index (χ2n) is 7.75. The SMILES string of the molecule is CC(=O)c1ccc(OCC2CCN(C(=O)OC(C)(C)C)CC2)cc1C. The summed E-state index contributed by atoms with van der Waals surface area (Å²) < 4.78 is 11.3. The van der Waals surface area contributed by atoms with Crippen LogP contribution in [0.1, 0.15) is 56.5 Å². The lowest BCUT2D eigenvalue weighted by atomic mass is 9.98. The van der Waals surface area contributed by atoms with Crippen molar-refractivity contribution in [1.82, 2.24) is 4.90 Å². The number of carbonyl (C=O) groups is 2. The molecule has 1 aliphatic rings. The summed E-state index contributed by atoms with van der Waals surface area (Å²) in [6.07, 6.45) is 1.58. The number of aryl methyl sites for hydroxylation is 1. The molecule has 138 valence electrons.